The highest BCUT2D eigenvalue weighted by Crippen LogP contribution is 2.18. The number of thioether (sulfide) groups is 1. The number of carbonyl (C=O) groups excluding carboxylic acids is 2. The number of amides is 2. The Kier molecular flexibility index (Phi) is 8.29. The van der Waals surface area contributed by atoms with Gasteiger partial charge in [-0.2, -0.15) is 0 Å². The molecule has 0 aliphatic carbocycles. The molecular weight excluding hydrogens is 365 g/mol. The molecule has 7 heteroatoms. The Labute approximate surface area is 163 Å². The standard InChI is InChI=1S/C20H24FN3O2S/c1-3-24(12-13-27-19-10-4-16(21)5-11-19)14-20(26)23-18-8-6-17(7-9-18)22-15(2)25/h4-11H,3,12-14H2,1-2H3,(H,22,25)(H,23,26). The molecule has 2 N–H and O–H groups in total. The summed E-state index contributed by atoms with van der Waals surface area (Å²) in [6, 6.07) is 13.4. The number of benzene rings is 2. The molecule has 0 unspecified atom stereocenters. The molecule has 0 bridgehead atoms. The minimum atomic E-state index is -0.240. The van der Waals surface area contributed by atoms with Gasteiger partial charge in [-0.15, -0.1) is 11.8 Å². The third kappa shape index (κ3) is 7.80. The molecule has 2 aromatic carbocycles. The maximum Gasteiger partial charge on any atom is 0.238 e. The molecule has 0 spiro atoms. The first-order valence-corrected chi connectivity index (χ1v) is 9.73. The number of likely N-dealkylation sites (N-methyl/N-ethyl adjacent to an activating group) is 1. The van der Waals surface area contributed by atoms with Crippen molar-refractivity contribution in [2.75, 3.05) is 36.0 Å². The van der Waals surface area contributed by atoms with Crippen LogP contribution in [0.1, 0.15) is 13.8 Å². The van der Waals surface area contributed by atoms with E-state index in [2.05, 4.69) is 15.5 Å². The SMILES string of the molecule is CCN(CCSc1ccc(F)cc1)CC(=O)Nc1ccc(NC(C)=O)cc1. The van der Waals surface area contributed by atoms with Crippen molar-refractivity contribution in [1.82, 2.24) is 4.90 Å². The van der Waals surface area contributed by atoms with Gasteiger partial charge in [-0.1, -0.05) is 6.92 Å². The van der Waals surface area contributed by atoms with Gasteiger partial charge in [-0.3, -0.25) is 14.5 Å². The van der Waals surface area contributed by atoms with Crippen molar-refractivity contribution in [3.8, 4) is 0 Å². The summed E-state index contributed by atoms with van der Waals surface area (Å²) in [7, 11) is 0. The highest BCUT2D eigenvalue weighted by Gasteiger charge is 2.10. The number of anilines is 2. The van der Waals surface area contributed by atoms with Crippen molar-refractivity contribution in [2.45, 2.75) is 18.7 Å². The van der Waals surface area contributed by atoms with Crippen molar-refractivity contribution < 1.29 is 14.0 Å². The largest absolute Gasteiger partial charge is 0.326 e. The topological polar surface area (TPSA) is 61.4 Å². The second-order valence-corrected chi connectivity index (χ2v) is 7.15. The zero-order chi connectivity index (χ0) is 19.6. The highest BCUT2D eigenvalue weighted by atomic mass is 32.2. The van der Waals surface area contributed by atoms with Gasteiger partial charge in [0.1, 0.15) is 5.82 Å². The fourth-order valence-electron chi connectivity index (χ4n) is 2.42. The minimum absolute atomic E-state index is 0.0871. The van der Waals surface area contributed by atoms with Gasteiger partial charge in [-0.05, 0) is 55.1 Å². The summed E-state index contributed by atoms with van der Waals surface area (Å²) in [5.41, 5.74) is 1.37. The normalized spacial score (nSPS) is 10.7. The van der Waals surface area contributed by atoms with E-state index in [1.165, 1.54) is 19.1 Å². The van der Waals surface area contributed by atoms with Crippen LogP contribution in [-0.4, -0.2) is 42.1 Å². The van der Waals surface area contributed by atoms with E-state index in [1.807, 2.05) is 6.92 Å². The summed E-state index contributed by atoms with van der Waals surface area (Å²) in [5, 5.41) is 5.54. The summed E-state index contributed by atoms with van der Waals surface area (Å²) < 4.78 is 12.9. The highest BCUT2D eigenvalue weighted by molar-refractivity contribution is 7.99. The molecule has 2 aromatic rings. The van der Waals surface area contributed by atoms with Gasteiger partial charge in [0.05, 0.1) is 6.54 Å². The zero-order valence-corrected chi connectivity index (χ0v) is 16.3. The molecule has 0 heterocycles. The molecule has 0 aromatic heterocycles. The Morgan fingerprint density at radius 1 is 1.00 bits per heavy atom. The molecule has 2 amide bonds. The number of carbonyl (C=O) groups is 2. The average Bonchev–Trinajstić information content (AvgIpc) is 2.63. The van der Waals surface area contributed by atoms with E-state index in [0.717, 1.165) is 23.7 Å². The number of nitrogens with one attached hydrogen (secondary N) is 2. The maximum atomic E-state index is 12.9. The lowest BCUT2D eigenvalue weighted by Gasteiger charge is -2.19. The van der Waals surface area contributed by atoms with E-state index in [0.29, 0.717) is 17.9 Å². The number of hydrogen-bond donors (Lipinski definition) is 2. The fraction of sp³-hybridized carbons (Fsp3) is 0.300. The fourth-order valence-corrected chi connectivity index (χ4v) is 3.33. The summed E-state index contributed by atoms with van der Waals surface area (Å²) in [6.07, 6.45) is 0. The van der Waals surface area contributed by atoms with E-state index >= 15 is 0 Å². The van der Waals surface area contributed by atoms with E-state index < -0.39 is 0 Å². The average molecular weight is 389 g/mol. The Hall–Kier alpha value is -2.38. The first-order chi connectivity index (χ1) is 13.0. The van der Waals surface area contributed by atoms with Crippen molar-refractivity contribution in [1.29, 1.82) is 0 Å². The lowest BCUT2D eigenvalue weighted by atomic mass is 10.2. The molecule has 0 aliphatic rings. The van der Waals surface area contributed by atoms with Gasteiger partial charge < -0.3 is 10.6 Å². The smallest absolute Gasteiger partial charge is 0.238 e. The van der Waals surface area contributed by atoms with E-state index in [9.17, 15) is 14.0 Å². The molecule has 0 aliphatic heterocycles. The van der Waals surface area contributed by atoms with Crippen molar-refractivity contribution in [2.24, 2.45) is 0 Å². The van der Waals surface area contributed by atoms with Crippen LogP contribution in [0.3, 0.4) is 0 Å². The molecule has 0 saturated heterocycles. The van der Waals surface area contributed by atoms with Crippen LogP contribution >= 0.6 is 11.8 Å². The third-order valence-corrected chi connectivity index (χ3v) is 4.79. The second kappa shape index (κ2) is 10.7. The Bertz CT molecular complexity index is 751. The van der Waals surface area contributed by atoms with Crippen LogP contribution in [0.15, 0.2) is 53.4 Å². The molecule has 0 atom stereocenters. The lowest BCUT2D eigenvalue weighted by molar-refractivity contribution is -0.117. The number of rotatable bonds is 9. The Balaban J connectivity index is 1.76. The number of hydrogen-bond acceptors (Lipinski definition) is 4. The first-order valence-electron chi connectivity index (χ1n) is 8.74. The molecule has 5 nitrogen and oxygen atoms in total. The number of halogens is 1. The summed E-state index contributed by atoms with van der Waals surface area (Å²) >= 11 is 1.64. The van der Waals surface area contributed by atoms with Gasteiger partial charge >= 0.3 is 0 Å². The third-order valence-electron chi connectivity index (χ3n) is 3.79. The summed E-state index contributed by atoms with van der Waals surface area (Å²) in [5.74, 6) is 0.356. The van der Waals surface area contributed by atoms with E-state index in [4.69, 9.17) is 0 Å². The molecule has 0 fully saturated rings. The minimum Gasteiger partial charge on any atom is -0.326 e. The van der Waals surface area contributed by atoms with Gasteiger partial charge in [0.25, 0.3) is 0 Å². The molecule has 0 saturated carbocycles. The lowest BCUT2D eigenvalue weighted by Crippen LogP contribution is -2.34. The van der Waals surface area contributed by atoms with Crippen LogP contribution < -0.4 is 10.6 Å². The summed E-state index contributed by atoms with van der Waals surface area (Å²) in [6.45, 7) is 5.28. The van der Waals surface area contributed by atoms with Crippen LogP contribution in [0.4, 0.5) is 15.8 Å². The van der Waals surface area contributed by atoms with Crippen LogP contribution in [0, 0.1) is 5.82 Å². The van der Waals surface area contributed by atoms with Crippen LogP contribution in [-0.2, 0) is 9.59 Å². The molecular formula is C20H24FN3O2S. The Morgan fingerprint density at radius 3 is 2.15 bits per heavy atom. The predicted octanol–water partition coefficient (Wildman–Crippen LogP) is 3.84. The van der Waals surface area contributed by atoms with Crippen LogP contribution in [0.5, 0.6) is 0 Å². The molecule has 0 radical (unpaired) electrons. The number of nitrogens with zero attached hydrogens (tertiary/aromatic N) is 1. The van der Waals surface area contributed by atoms with Gasteiger partial charge in [0.15, 0.2) is 0 Å². The quantitative estimate of drug-likeness (QED) is 0.640. The summed E-state index contributed by atoms with van der Waals surface area (Å²) in [4.78, 5) is 26.3. The van der Waals surface area contributed by atoms with E-state index in [1.54, 1.807) is 48.2 Å². The zero-order valence-electron chi connectivity index (χ0n) is 15.5. The van der Waals surface area contributed by atoms with Crippen molar-refractivity contribution in [3.63, 3.8) is 0 Å². The molecule has 27 heavy (non-hydrogen) atoms. The van der Waals surface area contributed by atoms with Crippen molar-refractivity contribution >= 4 is 35.0 Å². The van der Waals surface area contributed by atoms with Gasteiger partial charge in [0.2, 0.25) is 11.8 Å². The Morgan fingerprint density at radius 2 is 1.59 bits per heavy atom. The predicted molar refractivity (Wildman–Crippen MR) is 109 cm³/mol. The molecule has 144 valence electrons. The van der Waals surface area contributed by atoms with Crippen LogP contribution in [0.25, 0.3) is 0 Å². The molecule has 2 rings (SSSR count). The maximum absolute atomic E-state index is 12.9. The van der Waals surface area contributed by atoms with Gasteiger partial charge in [-0.25, -0.2) is 4.39 Å². The van der Waals surface area contributed by atoms with Crippen LogP contribution in [0.2, 0.25) is 0 Å². The van der Waals surface area contributed by atoms with Crippen molar-refractivity contribution in [3.05, 3.63) is 54.3 Å². The monoisotopic (exact) mass is 389 g/mol. The van der Waals surface area contributed by atoms with Gasteiger partial charge in [0, 0.05) is 35.5 Å². The second-order valence-electron chi connectivity index (χ2n) is 5.98. The first kappa shape index (κ1) is 20.9. The van der Waals surface area contributed by atoms with E-state index in [-0.39, 0.29) is 17.6 Å².